The lowest BCUT2D eigenvalue weighted by molar-refractivity contribution is -0.122. The normalized spacial score (nSPS) is 11.6. The molecule has 0 unspecified atom stereocenters. The Morgan fingerprint density at radius 2 is 1.71 bits per heavy atom. The van der Waals surface area contributed by atoms with Crippen LogP contribution in [-0.4, -0.2) is 34.0 Å². The summed E-state index contributed by atoms with van der Waals surface area (Å²) in [4.78, 5) is 37.3. The molecule has 1 N–H and O–H groups in total. The smallest absolute Gasteiger partial charge is 0.338 e. The van der Waals surface area contributed by atoms with E-state index in [4.69, 9.17) is 9.47 Å². The molecule has 2 aromatic carbocycles. The summed E-state index contributed by atoms with van der Waals surface area (Å²) >= 11 is 0. The van der Waals surface area contributed by atoms with E-state index in [2.05, 4.69) is 5.32 Å². The first-order chi connectivity index (χ1) is 14.8. The van der Waals surface area contributed by atoms with E-state index in [-0.39, 0.29) is 11.2 Å². The zero-order chi connectivity index (χ0) is 22.5. The molecule has 3 aromatic rings. The third kappa shape index (κ3) is 4.69. The van der Waals surface area contributed by atoms with Crippen LogP contribution in [0.3, 0.4) is 0 Å². The van der Waals surface area contributed by atoms with Crippen LogP contribution in [0.4, 0.5) is 5.69 Å². The molecule has 1 amide bonds. The van der Waals surface area contributed by atoms with Crippen LogP contribution in [0, 0.1) is 6.92 Å². The second-order valence-corrected chi connectivity index (χ2v) is 6.93. The topological polar surface area (TPSA) is 91.6 Å². The number of anilines is 1. The number of hydrogen-bond acceptors (Lipinski definition) is 5. The molecule has 8 nitrogen and oxygen atoms in total. The Bertz CT molecular complexity index is 1130. The molecule has 0 spiro atoms. The van der Waals surface area contributed by atoms with Crippen molar-refractivity contribution in [1.82, 2.24) is 9.36 Å². The molecule has 1 atom stereocenters. The van der Waals surface area contributed by atoms with Crippen LogP contribution in [0.1, 0.15) is 29.9 Å². The van der Waals surface area contributed by atoms with Crippen molar-refractivity contribution < 1.29 is 19.1 Å². The lowest BCUT2D eigenvalue weighted by Gasteiger charge is -2.14. The molecule has 8 heteroatoms. The summed E-state index contributed by atoms with van der Waals surface area (Å²) in [7, 11) is 1.75. The number of para-hydroxylation sites is 1. The maximum atomic E-state index is 12.9. The Kier molecular flexibility index (Phi) is 6.59. The third-order valence-electron chi connectivity index (χ3n) is 4.85. The number of carbonyl (C=O) groups excluding carboxylic acids is 2. The van der Waals surface area contributed by atoms with Crippen LogP contribution in [0.2, 0.25) is 0 Å². The van der Waals surface area contributed by atoms with Crippen molar-refractivity contribution in [3.63, 3.8) is 0 Å². The van der Waals surface area contributed by atoms with Gasteiger partial charge in [-0.15, -0.1) is 0 Å². The second-order valence-electron chi connectivity index (χ2n) is 6.93. The first-order valence-electron chi connectivity index (χ1n) is 9.92. The lowest BCUT2D eigenvalue weighted by atomic mass is 10.2. The third-order valence-corrected chi connectivity index (χ3v) is 4.85. The number of rotatable bonds is 7. The van der Waals surface area contributed by atoms with Gasteiger partial charge in [0.25, 0.3) is 11.5 Å². The Hall–Kier alpha value is -3.81. The molecule has 0 saturated heterocycles. The van der Waals surface area contributed by atoms with Gasteiger partial charge in [-0.05, 0) is 57.2 Å². The van der Waals surface area contributed by atoms with Gasteiger partial charge >= 0.3 is 5.97 Å². The van der Waals surface area contributed by atoms with Crippen LogP contribution in [0.25, 0.3) is 5.69 Å². The fourth-order valence-electron chi connectivity index (χ4n) is 3.08. The summed E-state index contributed by atoms with van der Waals surface area (Å²) in [5, 5.41) is 2.68. The Morgan fingerprint density at radius 1 is 1.06 bits per heavy atom. The fourth-order valence-corrected chi connectivity index (χ4v) is 3.08. The summed E-state index contributed by atoms with van der Waals surface area (Å²) in [5.41, 5.74) is 1.58. The molecule has 1 heterocycles. The number of nitrogens with one attached hydrogen (secondary N) is 1. The van der Waals surface area contributed by atoms with Gasteiger partial charge in [0.15, 0.2) is 6.10 Å². The van der Waals surface area contributed by atoms with Gasteiger partial charge in [-0.3, -0.25) is 14.3 Å². The summed E-state index contributed by atoms with van der Waals surface area (Å²) in [6.45, 7) is 5.37. The minimum absolute atomic E-state index is 0.199. The Labute approximate surface area is 180 Å². The number of benzene rings is 2. The molecule has 0 saturated carbocycles. The molecule has 0 fully saturated rings. The lowest BCUT2D eigenvalue weighted by Crippen LogP contribution is -2.32. The van der Waals surface area contributed by atoms with E-state index < -0.39 is 18.0 Å². The van der Waals surface area contributed by atoms with Crippen molar-refractivity contribution in [2.75, 3.05) is 11.9 Å². The van der Waals surface area contributed by atoms with E-state index in [1.165, 1.54) is 4.68 Å². The minimum atomic E-state index is -0.863. The molecular formula is C23H25N3O5. The molecule has 0 aliphatic carbocycles. The zero-order valence-electron chi connectivity index (χ0n) is 17.9. The van der Waals surface area contributed by atoms with Gasteiger partial charge < -0.3 is 14.8 Å². The number of amides is 1. The minimum Gasteiger partial charge on any atom is -0.481 e. The summed E-state index contributed by atoms with van der Waals surface area (Å²) < 4.78 is 13.8. The average Bonchev–Trinajstić information content (AvgIpc) is 2.98. The van der Waals surface area contributed by atoms with Gasteiger partial charge in [-0.1, -0.05) is 18.2 Å². The summed E-state index contributed by atoms with van der Waals surface area (Å²) in [6.07, 6.45) is -0.863. The van der Waals surface area contributed by atoms with Crippen LogP contribution in [-0.2, 0) is 16.6 Å². The van der Waals surface area contributed by atoms with E-state index in [9.17, 15) is 14.4 Å². The highest BCUT2D eigenvalue weighted by molar-refractivity contribution is 5.94. The van der Waals surface area contributed by atoms with Gasteiger partial charge in [0.1, 0.15) is 11.4 Å². The number of carbonyl (C=O) groups is 2. The number of esters is 1. The number of nitrogens with zero attached hydrogens (tertiary/aromatic N) is 2. The maximum absolute atomic E-state index is 12.9. The maximum Gasteiger partial charge on any atom is 0.338 e. The van der Waals surface area contributed by atoms with Gasteiger partial charge in [-0.25, -0.2) is 9.48 Å². The first-order valence-corrected chi connectivity index (χ1v) is 9.92. The van der Waals surface area contributed by atoms with Crippen LogP contribution < -0.4 is 15.6 Å². The van der Waals surface area contributed by atoms with Crippen molar-refractivity contribution in [1.29, 1.82) is 0 Å². The number of aromatic nitrogens is 2. The molecule has 0 aliphatic heterocycles. The van der Waals surface area contributed by atoms with Crippen LogP contribution >= 0.6 is 0 Å². The Balaban J connectivity index is 1.73. The quantitative estimate of drug-likeness (QED) is 0.590. The molecule has 0 aliphatic rings. The van der Waals surface area contributed by atoms with Crippen molar-refractivity contribution in [3.8, 4) is 11.4 Å². The van der Waals surface area contributed by atoms with E-state index >= 15 is 0 Å². The molecule has 162 valence electrons. The van der Waals surface area contributed by atoms with Crippen molar-refractivity contribution in [2.24, 2.45) is 7.05 Å². The van der Waals surface area contributed by atoms with E-state index in [0.29, 0.717) is 29.3 Å². The second kappa shape index (κ2) is 9.34. The van der Waals surface area contributed by atoms with Gasteiger partial charge in [-0.2, -0.15) is 0 Å². The van der Waals surface area contributed by atoms with Crippen LogP contribution in [0.15, 0.2) is 59.4 Å². The predicted molar refractivity (Wildman–Crippen MR) is 117 cm³/mol. The van der Waals surface area contributed by atoms with Gasteiger partial charge in [0.05, 0.1) is 23.6 Å². The van der Waals surface area contributed by atoms with Crippen molar-refractivity contribution >= 4 is 17.6 Å². The molecule has 31 heavy (non-hydrogen) atoms. The summed E-state index contributed by atoms with van der Waals surface area (Å²) in [6, 6.07) is 15.5. The highest BCUT2D eigenvalue weighted by Gasteiger charge is 2.22. The van der Waals surface area contributed by atoms with Crippen LogP contribution in [0.5, 0.6) is 5.75 Å². The molecule has 0 bridgehead atoms. The molecule has 0 radical (unpaired) electrons. The standard InChI is InChI=1S/C23H25N3O5/c1-5-30-23(29)17-11-13-19(14-12-17)31-16(3)21(27)24-20-15(2)25(4)26(22(20)28)18-9-7-6-8-10-18/h6-14,16H,5H2,1-4H3,(H,24,27)/t16-/m0/s1. The van der Waals surface area contributed by atoms with E-state index in [1.807, 2.05) is 30.3 Å². The molecular weight excluding hydrogens is 398 g/mol. The monoisotopic (exact) mass is 423 g/mol. The van der Waals surface area contributed by atoms with E-state index in [0.717, 1.165) is 0 Å². The SMILES string of the molecule is CCOC(=O)c1ccc(O[C@@H](C)C(=O)Nc2c(C)n(C)n(-c3ccccc3)c2=O)cc1. The van der Waals surface area contributed by atoms with E-state index in [1.54, 1.807) is 56.8 Å². The number of ether oxygens (including phenoxy) is 2. The average molecular weight is 423 g/mol. The zero-order valence-corrected chi connectivity index (χ0v) is 17.9. The highest BCUT2D eigenvalue weighted by Crippen LogP contribution is 2.17. The van der Waals surface area contributed by atoms with Crippen molar-refractivity contribution in [2.45, 2.75) is 26.9 Å². The Morgan fingerprint density at radius 3 is 2.32 bits per heavy atom. The van der Waals surface area contributed by atoms with Crippen molar-refractivity contribution in [3.05, 3.63) is 76.2 Å². The fraction of sp³-hybridized carbons (Fsp3) is 0.261. The number of hydrogen-bond donors (Lipinski definition) is 1. The summed E-state index contributed by atoms with van der Waals surface area (Å²) in [5.74, 6) is -0.461. The molecule has 1 aromatic heterocycles. The highest BCUT2D eigenvalue weighted by atomic mass is 16.5. The largest absolute Gasteiger partial charge is 0.481 e. The van der Waals surface area contributed by atoms with Gasteiger partial charge in [0, 0.05) is 7.05 Å². The van der Waals surface area contributed by atoms with Gasteiger partial charge in [0.2, 0.25) is 0 Å². The molecule has 3 rings (SSSR count). The predicted octanol–water partition coefficient (Wildman–Crippen LogP) is 3.07. The first kappa shape index (κ1) is 21.9.